The Labute approximate surface area is 69.5 Å². The molecule has 1 aliphatic heterocycles. The second-order valence-corrected chi connectivity index (χ2v) is 3.43. The first-order chi connectivity index (χ1) is 5.33. The molecule has 0 spiro atoms. The largest absolute Gasteiger partial charge is 0.381 e. The summed E-state index contributed by atoms with van der Waals surface area (Å²) in [5, 5.41) is 0. The Hall–Kier alpha value is -0.0800. The molecule has 1 heterocycles. The molecule has 0 aromatic heterocycles. The third-order valence-corrected chi connectivity index (χ3v) is 2.28. The molecule has 1 saturated heterocycles. The van der Waals surface area contributed by atoms with E-state index in [1.54, 1.807) is 0 Å². The van der Waals surface area contributed by atoms with Crippen molar-refractivity contribution in [1.29, 1.82) is 0 Å². The van der Waals surface area contributed by atoms with Gasteiger partial charge >= 0.3 is 0 Å². The van der Waals surface area contributed by atoms with E-state index in [4.69, 9.17) is 4.74 Å². The van der Waals surface area contributed by atoms with Crippen molar-refractivity contribution in [2.75, 3.05) is 33.4 Å². The molecular weight excluding hydrogens is 138 g/mol. The SMILES string of the molecule is CCOCC1CCCN(C)C1. The molecule has 2 nitrogen and oxygen atoms in total. The highest BCUT2D eigenvalue weighted by Gasteiger charge is 2.16. The van der Waals surface area contributed by atoms with Crippen LogP contribution in [0, 0.1) is 5.92 Å². The molecule has 0 aliphatic carbocycles. The van der Waals surface area contributed by atoms with Crippen molar-refractivity contribution in [3.05, 3.63) is 0 Å². The van der Waals surface area contributed by atoms with Gasteiger partial charge in [-0.25, -0.2) is 0 Å². The quantitative estimate of drug-likeness (QED) is 0.613. The summed E-state index contributed by atoms with van der Waals surface area (Å²) >= 11 is 0. The van der Waals surface area contributed by atoms with Crippen LogP contribution in [0.15, 0.2) is 0 Å². The van der Waals surface area contributed by atoms with Gasteiger partial charge in [-0.1, -0.05) is 0 Å². The van der Waals surface area contributed by atoms with Gasteiger partial charge in [0.15, 0.2) is 0 Å². The molecule has 11 heavy (non-hydrogen) atoms. The monoisotopic (exact) mass is 157 g/mol. The smallest absolute Gasteiger partial charge is 0.0506 e. The summed E-state index contributed by atoms with van der Waals surface area (Å²) in [4.78, 5) is 2.40. The molecule has 0 saturated carbocycles. The molecule has 1 atom stereocenters. The topological polar surface area (TPSA) is 12.5 Å². The van der Waals surface area contributed by atoms with Crippen LogP contribution in [0.2, 0.25) is 0 Å². The highest BCUT2D eigenvalue weighted by molar-refractivity contribution is 4.69. The Morgan fingerprint density at radius 1 is 1.55 bits per heavy atom. The average molecular weight is 157 g/mol. The molecule has 1 fully saturated rings. The molecule has 0 N–H and O–H groups in total. The Morgan fingerprint density at radius 2 is 2.36 bits per heavy atom. The Kier molecular flexibility index (Phi) is 3.87. The van der Waals surface area contributed by atoms with Gasteiger partial charge in [-0.3, -0.25) is 0 Å². The van der Waals surface area contributed by atoms with Crippen molar-refractivity contribution in [3.8, 4) is 0 Å². The Morgan fingerprint density at radius 3 is 3.00 bits per heavy atom. The van der Waals surface area contributed by atoms with Crippen molar-refractivity contribution in [1.82, 2.24) is 4.90 Å². The third-order valence-electron chi connectivity index (χ3n) is 2.28. The number of nitrogens with zero attached hydrogens (tertiary/aromatic N) is 1. The summed E-state index contributed by atoms with van der Waals surface area (Å²) in [6, 6.07) is 0. The Bertz CT molecular complexity index is 106. The molecule has 1 rings (SSSR count). The van der Waals surface area contributed by atoms with E-state index in [0.29, 0.717) is 0 Å². The second kappa shape index (κ2) is 4.73. The Balaban J connectivity index is 2.12. The predicted molar refractivity (Wildman–Crippen MR) is 46.7 cm³/mol. The molecule has 2 heteroatoms. The van der Waals surface area contributed by atoms with Crippen LogP contribution in [0.25, 0.3) is 0 Å². The molecule has 0 aromatic carbocycles. The van der Waals surface area contributed by atoms with Crippen molar-refractivity contribution in [2.45, 2.75) is 19.8 Å². The van der Waals surface area contributed by atoms with E-state index in [0.717, 1.165) is 19.1 Å². The van der Waals surface area contributed by atoms with Gasteiger partial charge in [0.1, 0.15) is 0 Å². The minimum atomic E-state index is 0.786. The van der Waals surface area contributed by atoms with Crippen LogP contribution in [0.3, 0.4) is 0 Å². The highest BCUT2D eigenvalue weighted by Crippen LogP contribution is 2.14. The van der Waals surface area contributed by atoms with Gasteiger partial charge < -0.3 is 9.64 Å². The lowest BCUT2D eigenvalue weighted by molar-refractivity contribution is 0.0749. The standard InChI is InChI=1S/C9H19NO/c1-3-11-8-9-5-4-6-10(2)7-9/h9H,3-8H2,1-2H3. The van der Waals surface area contributed by atoms with Gasteiger partial charge in [0.2, 0.25) is 0 Å². The molecule has 66 valence electrons. The van der Waals surface area contributed by atoms with Crippen molar-refractivity contribution < 1.29 is 4.74 Å². The van der Waals surface area contributed by atoms with Gasteiger partial charge in [0.25, 0.3) is 0 Å². The van der Waals surface area contributed by atoms with E-state index in [1.807, 2.05) is 0 Å². The van der Waals surface area contributed by atoms with E-state index in [2.05, 4.69) is 18.9 Å². The molecule has 0 amide bonds. The fourth-order valence-corrected chi connectivity index (χ4v) is 1.69. The lowest BCUT2D eigenvalue weighted by Gasteiger charge is -2.29. The predicted octanol–water partition coefficient (Wildman–Crippen LogP) is 1.36. The van der Waals surface area contributed by atoms with Crippen LogP contribution in [-0.2, 0) is 4.74 Å². The van der Waals surface area contributed by atoms with Gasteiger partial charge in [0, 0.05) is 13.2 Å². The number of ether oxygens (including phenoxy) is 1. The van der Waals surface area contributed by atoms with E-state index in [9.17, 15) is 0 Å². The van der Waals surface area contributed by atoms with E-state index >= 15 is 0 Å². The summed E-state index contributed by atoms with van der Waals surface area (Å²) < 4.78 is 5.39. The number of rotatable bonds is 3. The zero-order valence-corrected chi connectivity index (χ0v) is 7.68. The van der Waals surface area contributed by atoms with Gasteiger partial charge in [0.05, 0.1) is 6.61 Å². The summed E-state index contributed by atoms with van der Waals surface area (Å²) in [6.45, 7) is 6.37. The number of likely N-dealkylation sites (tertiary alicyclic amines) is 1. The van der Waals surface area contributed by atoms with E-state index < -0.39 is 0 Å². The second-order valence-electron chi connectivity index (χ2n) is 3.43. The maximum Gasteiger partial charge on any atom is 0.0506 e. The minimum Gasteiger partial charge on any atom is -0.381 e. The van der Waals surface area contributed by atoms with E-state index in [-0.39, 0.29) is 0 Å². The number of piperidine rings is 1. The summed E-state index contributed by atoms with van der Waals surface area (Å²) in [6.07, 6.45) is 2.69. The average Bonchev–Trinajstić information content (AvgIpc) is 2.01. The lowest BCUT2D eigenvalue weighted by Crippen LogP contribution is -2.34. The normalized spacial score (nSPS) is 27.3. The number of hydrogen-bond donors (Lipinski definition) is 0. The number of hydrogen-bond acceptors (Lipinski definition) is 2. The molecule has 0 aromatic rings. The van der Waals surface area contributed by atoms with Crippen molar-refractivity contribution >= 4 is 0 Å². The minimum absolute atomic E-state index is 0.786. The van der Waals surface area contributed by atoms with Crippen LogP contribution >= 0.6 is 0 Å². The maximum atomic E-state index is 5.39. The fraction of sp³-hybridized carbons (Fsp3) is 1.00. The van der Waals surface area contributed by atoms with Gasteiger partial charge in [-0.15, -0.1) is 0 Å². The molecule has 1 unspecified atom stereocenters. The van der Waals surface area contributed by atoms with Crippen LogP contribution in [0.4, 0.5) is 0 Å². The summed E-state index contributed by atoms with van der Waals surface area (Å²) in [7, 11) is 2.19. The zero-order valence-electron chi connectivity index (χ0n) is 7.68. The fourth-order valence-electron chi connectivity index (χ4n) is 1.69. The highest BCUT2D eigenvalue weighted by atomic mass is 16.5. The van der Waals surface area contributed by atoms with Crippen LogP contribution in [0.1, 0.15) is 19.8 Å². The van der Waals surface area contributed by atoms with Crippen LogP contribution in [-0.4, -0.2) is 38.3 Å². The van der Waals surface area contributed by atoms with E-state index in [1.165, 1.54) is 25.9 Å². The summed E-state index contributed by atoms with van der Waals surface area (Å²) in [5.41, 5.74) is 0. The van der Waals surface area contributed by atoms with Crippen LogP contribution < -0.4 is 0 Å². The van der Waals surface area contributed by atoms with Crippen molar-refractivity contribution in [3.63, 3.8) is 0 Å². The summed E-state index contributed by atoms with van der Waals surface area (Å²) in [5.74, 6) is 0.786. The third kappa shape index (κ3) is 3.21. The van der Waals surface area contributed by atoms with Gasteiger partial charge in [-0.05, 0) is 39.3 Å². The molecule has 0 bridgehead atoms. The first kappa shape index (κ1) is 9.01. The first-order valence-corrected chi connectivity index (χ1v) is 4.59. The van der Waals surface area contributed by atoms with Crippen molar-refractivity contribution in [2.24, 2.45) is 5.92 Å². The lowest BCUT2D eigenvalue weighted by atomic mass is 10.00. The zero-order chi connectivity index (χ0) is 8.10. The molecular formula is C9H19NO. The molecule has 1 aliphatic rings. The maximum absolute atomic E-state index is 5.39. The first-order valence-electron chi connectivity index (χ1n) is 4.59. The van der Waals surface area contributed by atoms with Gasteiger partial charge in [-0.2, -0.15) is 0 Å². The molecule has 0 radical (unpaired) electrons. The van der Waals surface area contributed by atoms with Crippen LogP contribution in [0.5, 0.6) is 0 Å².